The zero-order chi connectivity index (χ0) is 19.2. The first kappa shape index (κ1) is 38.6. The van der Waals surface area contributed by atoms with Gasteiger partial charge < -0.3 is 10.2 Å². The number of unbranched alkanes of at least 4 members (excludes halogenated alkanes) is 5. The van der Waals surface area contributed by atoms with Crippen LogP contribution in [0, 0.1) is 0 Å². The standard InChI is InChI=1S/C7H13O2.2C5H10O2.K.2Na.2H/c1-2-3-4-5-6-7(8)9;2*1-2-3-4-5(6)7;;;;;/h1-6H2,(H,8,9);2*2-4H2,1H3,(H,6,7);;;;;. The molecule has 0 aliphatic carbocycles. The van der Waals surface area contributed by atoms with Crippen LogP contribution in [-0.2, 0) is 14.4 Å². The van der Waals surface area contributed by atoms with Crippen molar-refractivity contribution in [3.8, 4) is 0 Å². The Balaban J connectivity index is -0.0000000836. The molecule has 0 bridgehead atoms. The Morgan fingerprint density at radius 2 is 0.962 bits per heavy atom. The van der Waals surface area contributed by atoms with E-state index in [1.807, 2.05) is 13.8 Å². The van der Waals surface area contributed by atoms with Gasteiger partial charge in [-0.2, -0.15) is 0 Å². The van der Waals surface area contributed by atoms with E-state index >= 15 is 0 Å². The van der Waals surface area contributed by atoms with Crippen molar-refractivity contribution >= 4 is 127 Å². The summed E-state index contributed by atoms with van der Waals surface area (Å²) in [7, 11) is 0. The minimum atomic E-state index is -0.693. The fourth-order valence-electron chi connectivity index (χ4n) is 1.54. The molecule has 0 heterocycles. The molecule has 0 rings (SSSR count). The third-order valence-corrected chi connectivity index (χ3v) is 3.69. The van der Waals surface area contributed by atoms with Crippen LogP contribution in [0.5, 0.6) is 0 Å². The molecule has 0 radical (unpaired) electrons. The molecule has 0 saturated carbocycles. The SMILES string of the molecule is CCCCC(=O)O.CCCCC(=O)O.O=C(O)CCCCC[CH2][Na].[KH].[NaH]. The molecule has 0 spiro atoms. The van der Waals surface area contributed by atoms with Crippen molar-refractivity contribution in [1.29, 1.82) is 0 Å². The third kappa shape index (κ3) is 56.2. The number of carboxylic acid groups (broad SMARTS) is 3. The van der Waals surface area contributed by atoms with Crippen molar-refractivity contribution in [1.82, 2.24) is 0 Å². The van der Waals surface area contributed by atoms with Gasteiger partial charge >= 0.3 is 172 Å². The molecule has 0 aliphatic heterocycles. The van der Waals surface area contributed by atoms with E-state index in [-0.39, 0.29) is 80.9 Å². The van der Waals surface area contributed by atoms with E-state index in [1.54, 1.807) is 0 Å². The summed E-state index contributed by atoms with van der Waals surface area (Å²) >= 11 is 1.29. The van der Waals surface area contributed by atoms with E-state index in [2.05, 4.69) is 0 Å². The molecule has 26 heavy (non-hydrogen) atoms. The van der Waals surface area contributed by atoms with E-state index < -0.39 is 17.9 Å². The predicted octanol–water partition coefficient (Wildman–Crippen LogP) is 2.83. The van der Waals surface area contributed by atoms with Crippen LogP contribution in [-0.4, -0.2) is 142 Å². The van der Waals surface area contributed by atoms with Crippen LogP contribution >= 0.6 is 0 Å². The number of hydrogen-bond donors (Lipinski definition) is 3. The summed E-state index contributed by atoms with van der Waals surface area (Å²) in [5.74, 6) is -2.05. The molecule has 0 saturated heterocycles. The van der Waals surface area contributed by atoms with Gasteiger partial charge in [-0.05, 0) is 12.8 Å². The summed E-state index contributed by atoms with van der Waals surface area (Å²) < 4.78 is 1.35. The normalized spacial score (nSPS) is 8.46. The fourth-order valence-corrected chi connectivity index (χ4v) is 2.04. The van der Waals surface area contributed by atoms with Crippen molar-refractivity contribution in [3.63, 3.8) is 0 Å². The molecular formula is C17H35KNa2O6. The first-order valence-corrected chi connectivity index (χ1v) is 10.4. The van der Waals surface area contributed by atoms with Crippen molar-refractivity contribution in [3.05, 3.63) is 0 Å². The van der Waals surface area contributed by atoms with Crippen molar-refractivity contribution < 1.29 is 29.7 Å². The van der Waals surface area contributed by atoms with Gasteiger partial charge in [0.25, 0.3) is 0 Å². The zero-order valence-electron chi connectivity index (χ0n) is 15.6. The van der Waals surface area contributed by atoms with Crippen molar-refractivity contribution in [2.45, 2.75) is 88.1 Å². The molecule has 0 aromatic rings. The molecule has 3 N–H and O–H groups in total. The van der Waals surface area contributed by atoms with Gasteiger partial charge in [0.15, 0.2) is 0 Å². The van der Waals surface area contributed by atoms with Gasteiger partial charge in [0.1, 0.15) is 0 Å². The van der Waals surface area contributed by atoms with Crippen LogP contribution in [0.2, 0.25) is 3.67 Å². The van der Waals surface area contributed by atoms with Gasteiger partial charge in [-0.1, -0.05) is 26.7 Å². The van der Waals surface area contributed by atoms with Gasteiger partial charge in [0.05, 0.1) is 0 Å². The fraction of sp³-hybridized carbons (Fsp3) is 0.824. The summed E-state index contributed by atoms with van der Waals surface area (Å²) in [6.07, 6.45) is 8.98. The zero-order valence-corrected chi connectivity index (χ0v) is 17.6. The van der Waals surface area contributed by atoms with Gasteiger partial charge in [-0.25, -0.2) is 0 Å². The summed E-state index contributed by atoms with van der Waals surface area (Å²) in [6.45, 7) is 3.95. The molecule has 0 aromatic carbocycles. The molecule has 0 amide bonds. The summed E-state index contributed by atoms with van der Waals surface area (Å²) in [5, 5.41) is 24.4. The number of rotatable bonds is 12. The Morgan fingerprint density at radius 3 is 1.19 bits per heavy atom. The number of aliphatic carboxylic acids is 3. The van der Waals surface area contributed by atoms with Gasteiger partial charge in [0, 0.05) is 12.8 Å². The second-order valence-electron chi connectivity index (χ2n) is 5.55. The van der Waals surface area contributed by atoms with Crippen LogP contribution in [0.4, 0.5) is 0 Å². The molecule has 0 atom stereocenters. The van der Waals surface area contributed by atoms with Gasteiger partial charge in [0.2, 0.25) is 0 Å². The minimum absolute atomic E-state index is 0. The van der Waals surface area contributed by atoms with Gasteiger partial charge in [-0.3, -0.25) is 9.59 Å². The number of carbonyl (C=O) groups is 3. The molecule has 142 valence electrons. The average molecular weight is 421 g/mol. The van der Waals surface area contributed by atoms with Crippen LogP contribution in [0.15, 0.2) is 0 Å². The summed E-state index contributed by atoms with van der Waals surface area (Å²) in [5.41, 5.74) is 0. The monoisotopic (exact) mass is 420 g/mol. The Labute approximate surface area is 240 Å². The number of carboxylic acids is 3. The molecule has 0 aliphatic rings. The predicted molar refractivity (Wildman–Crippen MR) is 110 cm³/mol. The van der Waals surface area contributed by atoms with Crippen LogP contribution < -0.4 is 0 Å². The number of hydrogen-bond acceptors (Lipinski definition) is 3. The Kier molecular flexibility index (Phi) is 51.3. The topological polar surface area (TPSA) is 112 Å². The van der Waals surface area contributed by atoms with E-state index in [4.69, 9.17) is 15.3 Å². The molecule has 0 aromatic heterocycles. The molecule has 0 unspecified atom stereocenters. The molecule has 0 fully saturated rings. The molecule has 6 nitrogen and oxygen atoms in total. The van der Waals surface area contributed by atoms with Crippen LogP contribution in [0.1, 0.15) is 84.5 Å². The van der Waals surface area contributed by atoms with E-state index in [1.165, 1.54) is 44.4 Å². The maximum absolute atomic E-state index is 10.0. The van der Waals surface area contributed by atoms with Crippen molar-refractivity contribution in [2.24, 2.45) is 0 Å². The van der Waals surface area contributed by atoms with Crippen LogP contribution in [0.25, 0.3) is 0 Å². The second-order valence-corrected chi connectivity index (χ2v) is 6.55. The Morgan fingerprint density at radius 1 is 0.654 bits per heavy atom. The van der Waals surface area contributed by atoms with Crippen LogP contribution in [0.3, 0.4) is 0 Å². The quantitative estimate of drug-likeness (QED) is 0.331. The Bertz CT molecular complexity index is 300. The van der Waals surface area contributed by atoms with E-state index in [0.29, 0.717) is 19.3 Å². The maximum atomic E-state index is 10.0. The first-order chi connectivity index (χ1) is 11.3. The summed E-state index contributed by atoms with van der Waals surface area (Å²) in [6, 6.07) is 0. The first-order valence-electron chi connectivity index (χ1n) is 8.97. The van der Waals surface area contributed by atoms with Crippen molar-refractivity contribution in [2.75, 3.05) is 0 Å². The Hall–Kier alpha value is 2.05. The molecular weight excluding hydrogens is 385 g/mol. The van der Waals surface area contributed by atoms with Gasteiger partial charge in [-0.15, -0.1) is 0 Å². The average Bonchev–Trinajstić information content (AvgIpc) is 2.51. The van der Waals surface area contributed by atoms with E-state index in [0.717, 1.165) is 38.5 Å². The summed E-state index contributed by atoms with van der Waals surface area (Å²) in [4.78, 5) is 29.6. The second kappa shape index (κ2) is 34.5. The molecule has 9 heteroatoms. The van der Waals surface area contributed by atoms with E-state index in [9.17, 15) is 14.4 Å². The third-order valence-electron chi connectivity index (χ3n) is 2.98.